The maximum absolute atomic E-state index is 12.9. The van der Waals surface area contributed by atoms with Gasteiger partial charge >= 0.3 is 0 Å². The molecule has 2 bridgehead atoms. The van der Waals surface area contributed by atoms with Gasteiger partial charge in [-0.1, -0.05) is 23.7 Å². The SMILES string of the molecule is O=C(NC1CN2CCC1CC2)c1ccc(=O)n(-c2nc(-c3ccc(Cl)cc3)cs2)c1. The van der Waals surface area contributed by atoms with Crippen LogP contribution in [-0.2, 0) is 0 Å². The Morgan fingerprint density at radius 2 is 1.90 bits per heavy atom. The van der Waals surface area contributed by atoms with E-state index in [-0.39, 0.29) is 17.5 Å². The van der Waals surface area contributed by atoms with Crippen LogP contribution in [0.1, 0.15) is 23.2 Å². The molecular formula is C22H21ClN4O2S. The van der Waals surface area contributed by atoms with E-state index < -0.39 is 0 Å². The molecule has 0 aliphatic carbocycles. The Bertz CT molecular complexity index is 1130. The van der Waals surface area contributed by atoms with Crippen molar-refractivity contribution in [2.45, 2.75) is 18.9 Å². The highest BCUT2D eigenvalue weighted by Gasteiger charge is 2.35. The topological polar surface area (TPSA) is 67.2 Å². The number of aromatic nitrogens is 2. The fraction of sp³-hybridized carbons (Fsp3) is 0.318. The molecule has 3 fully saturated rings. The fourth-order valence-corrected chi connectivity index (χ4v) is 5.22. The number of thiazole rings is 1. The zero-order valence-electron chi connectivity index (χ0n) is 16.3. The van der Waals surface area contributed by atoms with Crippen molar-refractivity contribution in [1.29, 1.82) is 0 Å². The Morgan fingerprint density at radius 1 is 1.13 bits per heavy atom. The molecule has 2 aromatic heterocycles. The van der Waals surface area contributed by atoms with E-state index in [4.69, 9.17) is 11.6 Å². The van der Waals surface area contributed by atoms with E-state index in [9.17, 15) is 9.59 Å². The van der Waals surface area contributed by atoms with Crippen molar-refractivity contribution in [2.24, 2.45) is 5.92 Å². The van der Waals surface area contributed by atoms with Crippen LogP contribution in [0.4, 0.5) is 0 Å². The average molecular weight is 441 g/mol. The molecular weight excluding hydrogens is 420 g/mol. The highest BCUT2D eigenvalue weighted by molar-refractivity contribution is 7.12. The highest BCUT2D eigenvalue weighted by Crippen LogP contribution is 2.28. The van der Waals surface area contributed by atoms with E-state index in [0.717, 1.165) is 43.7 Å². The van der Waals surface area contributed by atoms with Crippen LogP contribution in [0, 0.1) is 5.92 Å². The van der Waals surface area contributed by atoms with Crippen molar-refractivity contribution in [1.82, 2.24) is 19.8 Å². The third kappa shape index (κ3) is 3.80. The number of piperidine rings is 3. The largest absolute Gasteiger partial charge is 0.348 e. The fourth-order valence-electron chi connectivity index (χ4n) is 4.28. The number of carbonyl (C=O) groups excluding carboxylic acids is 1. The second kappa shape index (κ2) is 7.98. The number of nitrogens with zero attached hydrogens (tertiary/aromatic N) is 3. The third-order valence-electron chi connectivity index (χ3n) is 5.98. The Labute approximate surface area is 183 Å². The van der Waals surface area contributed by atoms with Gasteiger partial charge in [-0.3, -0.25) is 14.2 Å². The molecule has 0 saturated carbocycles. The standard InChI is InChI=1S/C22H21ClN4O2S/c23-17-4-1-14(2-5-17)19-13-30-22(25-19)27-11-16(3-6-20(27)28)21(29)24-18-12-26-9-7-15(18)8-10-26/h1-6,11,13,15,18H,7-10,12H2,(H,24,29). The van der Waals surface area contributed by atoms with Gasteiger partial charge in [0.15, 0.2) is 5.13 Å². The highest BCUT2D eigenvalue weighted by atomic mass is 35.5. The Morgan fingerprint density at radius 3 is 2.60 bits per heavy atom. The zero-order valence-corrected chi connectivity index (χ0v) is 17.8. The van der Waals surface area contributed by atoms with Gasteiger partial charge in [-0.25, -0.2) is 4.98 Å². The summed E-state index contributed by atoms with van der Waals surface area (Å²) in [6, 6.07) is 10.6. The lowest BCUT2D eigenvalue weighted by molar-refractivity contribution is 0.0620. The van der Waals surface area contributed by atoms with Crippen molar-refractivity contribution in [3.63, 3.8) is 0 Å². The molecule has 1 atom stereocenters. The molecule has 1 aromatic carbocycles. The molecule has 8 heteroatoms. The van der Waals surface area contributed by atoms with Crippen LogP contribution in [0.5, 0.6) is 0 Å². The molecule has 154 valence electrons. The number of halogens is 1. The van der Waals surface area contributed by atoms with Gasteiger partial charge in [0.2, 0.25) is 0 Å². The van der Waals surface area contributed by atoms with E-state index in [1.165, 1.54) is 22.0 Å². The van der Waals surface area contributed by atoms with Gasteiger partial charge in [-0.05, 0) is 50.0 Å². The Hall–Kier alpha value is -2.48. The molecule has 0 spiro atoms. The third-order valence-corrected chi connectivity index (χ3v) is 7.08. The van der Waals surface area contributed by atoms with Gasteiger partial charge in [-0.2, -0.15) is 0 Å². The number of amides is 1. The second-order valence-electron chi connectivity index (χ2n) is 7.87. The lowest BCUT2D eigenvalue weighted by Gasteiger charge is -2.44. The van der Waals surface area contributed by atoms with E-state index in [0.29, 0.717) is 21.6 Å². The molecule has 3 saturated heterocycles. The number of nitrogens with one attached hydrogen (secondary N) is 1. The molecule has 3 aliphatic rings. The van der Waals surface area contributed by atoms with Gasteiger partial charge in [0.25, 0.3) is 11.5 Å². The summed E-state index contributed by atoms with van der Waals surface area (Å²) >= 11 is 7.32. The van der Waals surface area contributed by atoms with Crippen LogP contribution in [0.15, 0.2) is 52.8 Å². The molecule has 5 heterocycles. The van der Waals surface area contributed by atoms with Crippen LogP contribution in [-0.4, -0.2) is 46.0 Å². The monoisotopic (exact) mass is 440 g/mol. The summed E-state index contributed by atoms with van der Waals surface area (Å²) < 4.78 is 1.44. The van der Waals surface area contributed by atoms with E-state index >= 15 is 0 Å². The minimum atomic E-state index is -0.216. The number of hydrogen-bond acceptors (Lipinski definition) is 5. The smallest absolute Gasteiger partial charge is 0.256 e. The van der Waals surface area contributed by atoms with Crippen LogP contribution in [0.3, 0.4) is 0 Å². The summed E-state index contributed by atoms with van der Waals surface area (Å²) in [4.78, 5) is 32.3. The van der Waals surface area contributed by atoms with Crippen molar-refractivity contribution in [3.05, 3.63) is 68.9 Å². The van der Waals surface area contributed by atoms with Gasteiger partial charge in [0.1, 0.15) is 0 Å². The summed E-state index contributed by atoms with van der Waals surface area (Å²) in [7, 11) is 0. The Balaban J connectivity index is 1.38. The number of hydrogen-bond donors (Lipinski definition) is 1. The van der Waals surface area contributed by atoms with Gasteiger partial charge in [-0.15, -0.1) is 11.3 Å². The zero-order chi connectivity index (χ0) is 20.7. The number of pyridine rings is 1. The number of benzene rings is 1. The maximum atomic E-state index is 12.9. The molecule has 3 aromatic rings. The lowest BCUT2D eigenvalue weighted by atomic mass is 9.84. The first-order valence-electron chi connectivity index (χ1n) is 10.0. The van der Waals surface area contributed by atoms with E-state index in [1.54, 1.807) is 12.3 Å². The molecule has 6 rings (SSSR count). The molecule has 1 N–H and O–H groups in total. The predicted molar refractivity (Wildman–Crippen MR) is 119 cm³/mol. The lowest BCUT2D eigenvalue weighted by Crippen LogP contribution is -2.57. The summed E-state index contributed by atoms with van der Waals surface area (Å²) in [6.07, 6.45) is 3.86. The number of fused-ring (bicyclic) bond motifs is 3. The first-order chi connectivity index (χ1) is 14.6. The normalized spacial score (nSPS) is 22.8. The van der Waals surface area contributed by atoms with Gasteiger partial charge in [0, 0.05) is 40.8 Å². The summed E-state index contributed by atoms with van der Waals surface area (Å²) in [5.74, 6) is 0.405. The molecule has 0 radical (unpaired) electrons. The molecule has 30 heavy (non-hydrogen) atoms. The van der Waals surface area contributed by atoms with Crippen LogP contribution in [0.25, 0.3) is 16.4 Å². The average Bonchev–Trinajstić information content (AvgIpc) is 3.25. The number of carbonyl (C=O) groups is 1. The maximum Gasteiger partial charge on any atom is 0.256 e. The molecule has 3 aliphatic heterocycles. The minimum absolute atomic E-state index is 0.142. The van der Waals surface area contributed by atoms with Crippen LogP contribution in [0.2, 0.25) is 5.02 Å². The van der Waals surface area contributed by atoms with Crippen molar-refractivity contribution in [3.8, 4) is 16.4 Å². The molecule has 1 amide bonds. The molecule has 6 nitrogen and oxygen atoms in total. The summed E-state index contributed by atoms with van der Waals surface area (Å²) in [5, 5.41) is 6.26. The van der Waals surface area contributed by atoms with Gasteiger partial charge in [0.05, 0.1) is 11.3 Å². The summed E-state index contributed by atoms with van der Waals surface area (Å²) in [6.45, 7) is 3.16. The minimum Gasteiger partial charge on any atom is -0.348 e. The summed E-state index contributed by atoms with van der Waals surface area (Å²) in [5.41, 5.74) is 1.94. The number of rotatable bonds is 4. The van der Waals surface area contributed by atoms with E-state index in [1.807, 2.05) is 29.6 Å². The first kappa shape index (κ1) is 19.5. The molecule has 1 unspecified atom stereocenters. The van der Waals surface area contributed by atoms with Crippen LogP contribution < -0.4 is 10.9 Å². The quantitative estimate of drug-likeness (QED) is 0.674. The van der Waals surface area contributed by atoms with Crippen molar-refractivity contribution in [2.75, 3.05) is 19.6 Å². The second-order valence-corrected chi connectivity index (χ2v) is 9.14. The van der Waals surface area contributed by atoms with Crippen molar-refractivity contribution < 1.29 is 4.79 Å². The van der Waals surface area contributed by atoms with E-state index in [2.05, 4.69) is 15.2 Å². The Kier molecular flexibility index (Phi) is 5.18. The predicted octanol–water partition coefficient (Wildman–Crippen LogP) is 3.44. The van der Waals surface area contributed by atoms with Crippen molar-refractivity contribution >= 4 is 28.8 Å². The first-order valence-corrected chi connectivity index (χ1v) is 11.3. The van der Waals surface area contributed by atoms with Gasteiger partial charge < -0.3 is 10.2 Å². The van der Waals surface area contributed by atoms with Crippen LogP contribution >= 0.6 is 22.9 Å².